The molecule has 1 amide bonds. The molecule has 154 valence electrons. The number of para-hydroxylation sites is 1. The molecule has 0 spiro atoms. The molecule has 2 aromatic rings. The molecule has 9 heteroatoms. The number of nitrogens with zero attached hydrogens (tertiary/aromatic N) is 2. The van der Waals surface area contributed by atoms with Crippen LogP contribution < -0.4 is 4.90 Å². The number of rotatable bonds is 8. The Morgan fingerprint density at radius 1 is 1.14 bits per heavy atom. The van der Waals surface area contributed by atoms with E-state index >= 15 is 0 Å². The quantitative estimate of drug-likeness (QED) is 0.484. The summed E-state index contributed by atoms with van der Waals surface area (Å²) in [6.45, 7) is 3.14. The molecule has 0 atom stereocenters. The van der Waals surface area contributed by atoms with Gasteiger partial charge < -0.3 is 9.64 Å². The van der Waals surface area contributed by atoms with Crippen LogP contribution in [0.2, 0.25) is 0 Å². The normalized spacial score (nSPS) is 11.2. The number of hydrogen-bond acceptors (Lipinski definition) is 5. The van der Waals surface area contributed by atoms with Gasteiger partial charge in [0.15, 0.2) is 6.61 Å². The predicted octanol–water partition coefficient (Wildman–Crippen LogP) is 2.45. The first-order valence-corrected chi connectivity index (χ1v) is 9.98. The summed E-state index contributed by atoms with van der Waals surface area (Å²) < 4.78 is 44.3. The summed E-state index contributed by atoms with van der Waals surface area (Å²) in [5, 5.41) is 0. The number of sulfonamides is 1. The van der Waals surface area contributed by atoms with Crippen molar-refractivity contribution in [3.05, 3.63) is 72.6 Å². The van der Waals surface area contributed by atoms with Crippen LogP contribution in [0.25, 0.3) is 0 Å². The number of esters is 1. The molecule has 0 aliphatic heterocycles. The highest BCUT2D eigenvalue weighted by Gasteiger charge is 2.23. The Hall–Kier alpha value is -3.04. The number of carbonyl (C=O) groups excluding carboxylic acids is 2. The third-order valence-electron chi connectivity index (χ3n) is 3.94. The Labute approximate surface area is 169 Å². The molecule has 0 radical (unpaired) electrons. The molecule has 7 nitrogen and oxygen atoms in total. The van der Waals surface area contributed by atoms with Crippen molar-refractivity contribution in [3.63, 3.8) is 0 Å². The molecule has 29 heavy (non-hydrogen) atoms. The van der Waals surface area contributed by atoms with Crippen LogP contribution in [0.15, 0.2) is 66.1 Å². The number of halogens is 1. The highest BCUT2D eigenvalue weighted by Crippen LogP contribution is 2.19. The molecule has 0 aliphatic rings. The lowest BCUT2D eigenvalue weighted by Gasteiger charge is -2.21. The minimum atomic E-state index is -3.87. The lowest BCUT2D eigenvalue weighted by Crippen LogP contribution is -2.35. The summed E-state index contributed by atoms with van der Waals surface area (Å²) in [6.07, 6.45) is 1.52. The number of hydrogen-bond donors (Lipinski definition) is 0. The third-order valence-corrected chi connectivity index (χ3v) is 5.75. The van der Waals surface area contributed by atoms with Crippen LogP contribution in [0, 0.1) is 5.82 Å². The molecule has 0 N–H and O–H groups in total. The van der Waals surface area contributed by atoms with Crippen LogP contribution in [0.3, 0.4) is 0 Å². The van der Waals surface area contributed by atoms with Gasteiger partial charge in [-0.2, -0.15) is 0 Å². The molecular formula is C20H21FN2O5S. The van der Waals surface area contributed by atoms with Crippen molar-refractivity contribution in [2.24, 2.45) is 0 Å². The highest BCUT2D eigenvalue weighted by atomic mass is 32.2. The Morgan fingerprint density at radius 2 is 1.79 bits per heavy atom. The fourth-order valence-corrected chi connectivity index (χ4v) is 3.33. The first-order chi connectivity index (χ1) is 13.7. The summed E-state index contributed by atoms with van der Waals surface area (Å²) >= 11 is 0. The van der Waals surface area contributed by atoms with Crippen LogP contribution in [-0.2, 0) is 19.6 Å². The second-order valence-electron chi connectivity index (χ2n) is 6.13. The van der Waals surface area contributed by atoms with Crippen LogP contribution in [0.4, 0.5) is 10.1 Å². The Bertz CT molecular complexity index is 1010. The second-order valence-corrected chi connectivity index (χ2v) is 8.29. The van der Waals surface area contributed by atoms with Gasteiger partial charge in [0.05, 0.1) is 10.5 Å². The molecule has 0 aliphatic carbocycles. The van der Waals surface area contributed by atoms with E-state index in [1.807, 2.05) is 0 Å². The van der Waals surface area contributed by atoms with Crippen LogP contribution in [0.5, 0.6) is 0 Å². The van der Waals surface area contributed by atoms with Crippen LogP contribution >= 0.6 is 0 Å². The Morgan fingerprint density at radius 3 is 2.38 bits per heavy atom. The van der Waals surface area contributed by atoms with E-state index in [4.69, 9.17) is 4.74 Å². The van der Waals surface area contributed by atoms with E-state index in [9.17, 15) is 22.4 Å². The van der Waals surface area contributed by atoms with Crippen molar-refractivity contribution in [1.29, 1.82) is 0 Å². The lowest BCUT2D eigenvalue weighted by atomic mass is 10.2. The van der Waals surface area contributed by atoms with Gasteiger partial charge in [0.25, 0.3) is 5.91 Å². The molecule has 0 fully saturated rings. The van der Waals surface area contributed by atoms with Crippen molar-refractivity contribution in [1.82, 2.24) is 4.31 Å². The Kier molecular flexibility index (Phi) is 7.24. The lowest BCUT2D eigenvalue weighted by molar-refractivity contribution is -0.121. The van der Waals surface area contributed by atoms with E-state index < -0.39 is 39.9 Å². The fourth-order valence-electron chi connectivity index (χ4n) is 2.40. The van der Waals surface area contributed by atoms with Gasteiger partial charge in [0.2, 0.25) is 10.0 Å². The Balaban J connectivity index is 2.18. The standard InChI is InChI=1S/C20H21FN2O5S/c1-4-12-23(15-8-6-5-7-9-15)19(24)14-28-20(25)17-13-16(10-11-18(17)21)29(26,27)22(2)3/h4-11,13H,1,12,14H2,2-3H3. The monoisotopic (exact) mass is 420 g/mol. The molecule has 0 heterocycles. The number of amides is 1. The third kappa shape index (κ3) is 5.27. The predicted molar refractivity (Wildman–Crippen MR) is 107 cm³/mol. The smallest absolute Gasteiger partial charge is 0.341 e. The van der Waals surface area contributed by atoms with E-state index in [-0.39, 0.29) is 11.4 Å². The van der Waals surface area contributed by atoms with Gasteiger partial charge >= 0.3 is 5.97 Å². The zero-order valence-corrected chi connectivity index (χ0v) is 16.9. The van der Waals surface area contributed by atoms with Gasteiger partial charge in [0, 0.05) is 26.3 Å². The summed E-state index contributed by atoms with van der Waals surface area (Å²) in [7, 11) is -1.24. The SMILES string of the molecule is C=CCN(C(=O)COC(=O)c1cc(S(=O)(=O)N(C)C)ccc1F)c1ccccc1. The van der Waals surface area contributed by atoms with Crippen molar-refractivity contribution in [3.8, 4) is 0 Å². The molecule has 0 bridgehead atoms. The fraction of sp³-hybridized carbons (Fsp3) is 0.200. The first kappa shape index (κ1) is 22.3. The van der Waals surface area contributed by atoms with E-state index in [1.165, 1.54) is 25.1 Å². The molecular weight excluding hydrogens is 399 g/mol. The summed E-state index contributed by atoms with van der Waals surface area (Å²) in [5.74, 6) is -2.63. The van der Waals surface area contributed by atoms with Crippen molar-refractivity contribution >= 4 is 27.6 Å². The number of carbonyl (C=O) groups is 2. The number of anilines is 1. The van der Waals surface area contributed by atoms with Gasteiger partial charge in [-0.3, -0.25) is 4.79 Å². The molecule has 0 unspecified atom stereocenters. The topological polar surface area (TPSA) is 84.0 Å². The van der Waals surface area contributed by atoms with E-state index in [0.29, 0.717) is 5.69 Å². The van der Waals surface area contributed by atoms with Crippen molar-refractivity contribution in [2.75, 3.05) is 32.1 Å². The van der Waals surface area contributed by atoms with Crippen molar-refractivity contribution < 1.29 is 27.1 Å². The van der Waals surface area contributed by atoms with Crippen LogP contribution in [-0.4, -0.2) is 51.8 Å². The zero-order chi connectivity index (χ0) is 21.6. The van der Waals surface area contributed by atoms with Gasteiger partial charge in [-0.1, -0.05) is 24.3 Å². The van der Waals surface area contributed by atoms with Gasteiger partial charge in [-0.25, -0.2) is 21.9 Å². The highest BCUT2D eigenvalue weighted by molar-refractivity contribution is 7.89. The zero-order valence-electron chi connectivity index (χ0n) is 16.0. The largest absolute Gasteiger partial charge is 0.452 e. The first-order valence-electron chi connectivity index (χ1n) is 8.54. The van der Waals surface area contributed by atoms with Crippen LogP contribution in [0.1, 0.15) is 10.4 Å². The van der Waals surface area contributed by atoms with Gasteiger partial charge in [-0.15, -0.1) is 6.58 Å². The number of ether oxygens (including phenoxy) is 1. The molecule has 0 aromatic heterocycles. The summed E-state index contributed by atoms with van der Waals surface area (Å²) in [4.78, 5) is 25.8. The maximum absolute atomic E-state index is 14.1. The van der Waals surface area contributed by atoms with E-state index in [1.54, 1.807) is 30.3 Å². The maximum atomic E-state index is 14.1. The molecule has 0 saturated heterocycles. The molecule has 2 aromatic carbocycles. The summed E-state index contributed by atoms with van der Waals surface area (Å²) in [5.41, 5.74) is 0.00871. The summed E-state index contributed by atoms with van der Waals surface area (Å²) in [6, 6.07) is 11.5. The van der Waals surface area contributed by atoms with Crippen molar-refractivity contribution in [2.45, 2.75) is 4.90 Å². The number of benzene rings is 2. The average molecular weight is 420 g/mol. The van der Waals surface area contributed by atoms with Gasteiger partial charge in [0.1, 0.15) is 5.82 Å². The minimum Gasteiger partial charge on any atom is -0.452 e. The van der Waals surface area contributed by atoms with E-state index in [2.05, 4.69) is 6.58 Å². The minimum absolute atomic E-state index is 0.186. The van der Waals surface area contributed by atoms with Gasteiger partial charge in [-0.05, 0) is 30.3 Å². The average Bonchev–Trinajstić information content (AvgIpc) is 2.70. The molecule has 2 rings (SSSR count). The molecule has 0 saturated carbocycles. The second kappa shape index (κ2) is 9.44. The maximum Gasteiger partial charge on any atom is 0.341 e. The van der Waals surface area contributed by atoms with E-state index in [0.717, 1.165) is 22.5 Å².